The number of benzene rings is 1. The van der Waals surface area contributed by atoms with Gasteiger partial charge in [0.05, 0.1) is 10.8 Å². The van der Waals surface area contributed by atoms with Crippen LogP contribution in [0.5, 0.6) is 0 Å². The molecule has 5 heteroatoms. The van der Waals surface area contributed by atoms with Gasteiger partial charge < -0.3 is 14.0 Å². The SMILES string of the molecule is CC1CC(COC(=O)C(C)(C)C)(COC(=O)C(C)(C)C)Cc2c1c1ccccc1n2C. The summed E-state index contributed by atoms with van der Waals surface area (Å²) >= 11 is 0. The summed E-state index contributed by atoms with van der Waals surface area (Å²) in [4.78, 5) is 25.1. The molecule has 170 valence electrons. The van der Waals surface area contributed by atoms with Gasteiger partial charge >= 0.3 is 11.9 Å². The Morgan fingerprint density at radius 1 is 1.00 bits per heavy atom. The van der Waals surface area contributed by atoms with Crippen LogP contribution in [0.2, 0.25) is 0 Å². The van der Waals surface area contributed by atoms with Gasteiger partial charge in [0.2, 0.25) is 0 Å². The number of para-hydroxylation sites is 1. The van der Waals surface area contributed by atoms with Crippen molar-refractivity contribution >= 4 is 22.8 Å². The topological polar surface area (TPSA) is 57.5 Å². The molecule has 0 saturated carbocycles. The number of esters is 2. The number of hydrogen-bond acceptors (Lipinski definition) is 4. The Morgan fingerprint density at radius 3 is 2.03 bits per heavy atom. The second-order valence-corrected chi connectivity index (χ2v) is 11.4. The fraction of sp³-hybridized carbons (Fsp3) is 0.615. The number of ether oxygens (including phenoxy) is 2. The Labute approximate surface area is 186 Å². The van der Waals surface area contributed by atoms with Crippen LogP contribution in [0.25, 0.3) is 10.9 Å². The van der Waals surface area contributed by atoms with Crippen LogP contribution in [0, 0.1) is 16.2 Å². The lowest BCUT2D eigenvalue weighted by Crippen LogP contribution is -2.42. The highest BCUT2D eigenvalue weighted by Gasteiger charge is 2.43. The van der Waals surface area contributed by atoms with E-state index in [9.17, 15) is 9.59 Å². The Bertz CT molecular complexity index is 957. The van der Waals surface area contributed by atoms with E-state index < -0.39 is 16.2 Å². The molecule has 1 aromatic heterocycles. The van der Waals surface area contributed by atoms with E-state index in [1.807, 2.05) is 41.5 Å². The van der Waals surface area contributed by atoms with E-state index in [4.69, 9.17) is 9.47 Å². The van der Waals surface area contributed by atoms with Gasteiger partial charge in [-0.2, -0.15) is 0 Å². The van der Waals surface area contributed by atoms with Gasteiger partial charge in [-0.05, 0) is 65.5 Å². The minimum atomic E-state index is -0.575. The molecule has 0 spiro atoms. The number of aromatic nitrogens is 1. The molecule has 0 fully saturated rings. The second-order valence-electron chi connectivity index (χ2n) is 11.4. The van der Waals surface area contributed by atoms with Crippen molar-refractivity contribution < 1.29 is 19.1 Å². The molecule has 1 aliphatic carbocycles. The summed E-state index contributed by atoms with van der Waals surface area (Å²) in [5.41, 5.74) is 2.20. The van der Waals surface area contributed by atoms with Gasteiger partial charge in [0.1, 0.15) is 13.2 Å². The number of carbonyl (C=O) groups is 2. The van der Waals surface area contributed by atoms with Gasteiger partial charge in [-0.1, -0.05) is 25.1 Å². The zero-order valence-electron chi connectivity index (χ0n) is 20.3. The zero-order chi connectivity index (χ0) is 23.2. The van der Waals surface area contributed by atoms with Crippen LogP contribution in [0.1, 0.15) is 72.1 Å². The van der Waals surface area contributed by atoms with Crippen molar-refractivity contribution in [3.8, 4) is 0 Å². The molecule has 1 heterocycles. The van der Waals surface area contributed by atoms with Crippen LogP contribution < -0.4 is 0 Å². The van der Waals surface area contributed by atoms with Crippen LogP contribution in [-0.4, -0.2) is 29.7 Å². The number of carbonyl (C=O) groups excluding carboxylic acids is 2. The average Bonchev–Trinajstić information content (AvgIpc) is 2.95. The molecule has 0 N–H and O–H groups in total. The number of fused-ring (bicyclic) bond motifs is 3. The van der Waals surface area contributed by atoms with Gasteiger partial charge in [0.15, 0.2) is 0 Å². The molecule has 31 heavy (non-hydrogen) atoms. The quantitative estimate of drug-likeness (QED) is 0.614. The number of rotatable bonds is 4. The molecule has 1 atom stereocenters. The summed E-state index contributed by atoms with van der Waals surface area (Å²) in [5, 5.41) is 1.28. The number of hydrogen-bond donors (Lipinski definition) is 0. The summed E-state index contributed by atoms with van der Waals surface area (Å²) in [6.07, 6.45) is 1.50. The molecule has 2 aromatic rings. The molecule has 1 aromatic carbocycles. The molecular weight excluding hydrogens is 390 g/mol. The first-order valence-corrected chi connectivity index (χ1v) is 11.2. The standard InChI is InChI=1S/C26H37NO4/c1-17-13-26(15-30-22(28)24(2,3)4,16-31-23(29)25(5,6)7)14-20-21(17)18-11-9-10-12-19(18)27(20)8/h9-12,17H,13-16H2,1-8H3. The van der Waals surface area contributed by atoms with Crippen molar-refractivity contribution in [3.63, 3.8) is 0 Å². The molecule has 5 nitrogen and oxygen atoms in total. The van der Waals surface area contributed by atoms with Gasteiger partial charge in [0, 0.05) is 35.5 Å². The highest BCUT2D eigenvalue weighted by Crippen LogP contribution is 2.47. The first-order chi connectivity index (χ1) is 14.3. The molecule has 0 bridgehead atoms. The van der Waals surface area contributed by atoms with Gasteiger partial charge in [-0.15, -0.1) is 0 Å². The number of aryl methyl sites for hydroxylation is 1. The molecule has 3 rings (SSSR count). The molecular formula is C26H37NO4. The molecule has 0 radical (unpaired) electrons. The smallest absolute Gasteiger partial charge is 0.311 e. The normalized spacial score (nSPS) is 18.5. The van der Waals surface area contributed by atoms with Crippen LogP contribution in [0.3, 0.4) is 0 Å². The lowest BCUT2D eigenvalue weighted by molar-refractivity contribution is -0.165. The lowest BCUT2D eigenvalue weighted by Gasteiger charge is -2.40. The summed E-state index contributed by atoms with van der Waals surface area (Å²) in [5.74, 6) is -0.203. The first-order valence-electron chi connectivity index (χ1n) is 11.2. The predicted molar refractivity (Wildman–Crippen MR) is 123 cm³/mol. The van der Waals surface area contributed by atoms with Crippen LogP contribution >= 0.6 is 0 Å². The van der Waals surface area contributed by atoms with E-state index in [-0.39, 0.29) is 31.1 Å². The summed E-state index contributed by atoms with van der Waals surface area (Å²) < 4.78 is 13.9. The van der Waals surface area contributed by atoms with E-state index in [1.165, 1.54) is 22.2 Å². The van der Waals surface area contributed by atoms with E-state index in [0.717, 1.165) is 6.42 Å². The number of nitrogens with zero attached hydrogens (tertiary/aromatic N) is 1. The van der Waals surface area contributed by atoms with Crippen molar-refractivity contribution in [2.75, 3.05) is 13.2 Å². The minimum absolute atomic E-state index is 0.232. The Balaban J connectivity index is 1.97. The predicted octanol–water partition coefficient (Wildman–Crippen LogP) is 5.39. The molecule has 0 aliphatic heterocycles. The van der Waals surface area contributed by atoms with Gasteiger partial charge in [-0.25, -0.2) is 0 Å². The molecule has 0 amide bonds. The summed E-state index contributed by atoms with van der Waals surface area (Å²) in [7, 11) is 2.09. The fourth-order valence-electron chi connectivity index (χ4n) is 4.55. The second kappa shape index (κ2) is 7.99. The zero-order valence-corrected chi connectivity index (χ0v) is 20.3. The van der Waals surface area contributed by atoms with E-state index >= 15 is 0 Å². The van der Waals surface area contributed by atoms with Crippen LogP contribution in [0.15, 0.2) is 24.3 Å². The fourth-order valence-corrected chi connectivity index (χ4v) is 4.55. The highest BCUT2D eigenvalue weighted by atomic mass is 16.5. The third-order valence-corrected chi connectivity index (χ3v) is 6.29. The Hall–Kier alpha value is -2.30. The minimum Gasteiger partial charge on any atom is -0.465 e. The maximum Gasteiger partial charge on any atom is 0.311 e. The Kier molecular flexibility index (Phi) is 6.03. The third-order valence-electron chi connectivity index (χ3n) is 6.29. The van der Waals surface area contributed by atoms with Crippen LogP contribution in [0.4, 0.5) is 0 Å². The van der Waals surface area contributed by atoms with Gasteiger partial charge in [0.25, 0.3) is 0 Å². The van der Waals surface area contributed by atoms with Crippen molar-refractivity contribution in [1.82, 2.24) is 4.57 Å². The van der Waals surface area contributed by atoms with E-state index in [2.05, 4.69) is 42.8 Å². The Morgan fingerprint density at radius 2 is 1.52 bits per heavy atom. The van der Waals surface area contributed by atoms with Gasteiger partial charge in [-0.3, -0.25) is 9.59 Å². The molecule has 1 aliphatic rings. The van der Waals surface area contributed by atoms with E-state index in [0.29, 0.717) is 6.42 Å². The van der Waals surface area contributed by atoms with Crippen molar-refractivity contribution in [3.05, 3.63) is 35.5 Å². The maximum absolute atomic E-state index is 12.5. The van der Waals surface area contributed by atoms with Crippen LogP contribution in [-0.2, 0) is 32.5 Å². The van der Waals surface area contributed by atoms with Crippen molar-refractivity contribution in [2.24, 2.45) is 23.3 Å². The lowest BCUT2D eigenvalue weighted by atomic mass is 9.69. The van der Waals surface area contributed by atoms with E-state index in [1.54, 1.807) is 0 Å². The van der Waals surface area contributed by atoms with Crippen molar-refractivity contribution in [1.29, 1.82) is 0 Å². The van der Waals surface area contributed by atoms with Crippen molar-refractivity contribution in [2.45, 2.75) is 67.2 Å². The molecule has 1 unspecified atom stereocenters. The molecule has 0 saturated heterocycles. The first kappa shape index (κ1) is 23.4. The summed E-state index contributed by atoms with van der Waals surface area (Å²) in [6, 6.07) is 8.45. The monoisotopic (exact) mass is 427 g/mol. The highest BCUT2D eigenvalue weighted by molar-refractivity contribution is 5.86. The maximum atomic E-state index is 12.5. The average molecular weight is 428 g/mol. The largest absolute Gasteiger partial charge is 0.465 e. The third kappa shape index (κ3) is 4.65. The summed E-state index contributed by atoms with van der Waals surface area (Å²) in [6.45, 7) is 13.8.